The lowest BCUT2D eigenvalue weighted by Crippen LogP contribution is -2.31. The Labute approximate surface area is 216 Å². The second-order valence-corrected chi connectivity index (χ2v) is 9.97. The Balaban J connectivity index is 1.25. The zero-order valence-electron chi connectivity index (χ0n) is 20.9. The van der Waals surface area contributed by atoms with Gasteiger partial charge in [0.2, 0.25) is 17.6 Å². The van der Waals surface area contributed by atoms with E-state index in [4.69, 9.17) is 4.74 Å². The van der Waals surface area contributed by atoms with E-state index in [1.807, 2.05) is 37.3 Å². The molecule has 1 aliphatic carbocycles. The van der Waals surface area contributed by atoms with Crippen LogP contribution in [-0.4, -0.2) is 29.7 Å². The minimum absolute atomic E-state index is 0.172. The smallest absolute Gasteiger partial charge is 0.338 e. The Morgan fingerprint density at radius 2 is 1.43 bits per heavy atom. The summed E-state index contributed by atoms with van der Waals surface area (Å²) in [5.41, 5.74) is 3.40. The van der Waals surface area contributed by atoms with Crippen LogP contribution in [0, 0.1) is 18.8 Å². The number of imide groups is 1. The van der Waals surface area contributed by atoms with Crippen LogP contribution in [0.25, 0.3) is 0 Å². The van der Waals surface area contributed by atoms with Gasteiger partial charge in [-0.2, -0.15) is 0 Å². The van der Waals surface area contributed by atoms with Crippen LogP contribution >= 0.6 is 0 Å². The molecule has 6 heteroatoms. The van der Waals surface area contributed by atoms with Gasteiger partial charge in [-0.3, -0.25) is 19.3 Å². The normalized spacial score (nSPS) is 21.9. The number of hydrogen-bond acceptors (Lipinski definition) is 5. The average molecular weight is 496 g/mol. The van der Waals surface area contributed by atoms with Crippen molar-refractivity contribution in [1.29, 1.82) is 0 Å². The van der Waals surface area contributed by atoms with Gasteiger partial charge in [-0.15, -0.1) is 0 Å². The predicted octanol–water partition coefficient (Wildman–Crippen LogP) is 5.50. The van der Waals surface area contributed by atoms with Crippen molar-refractivity contribution in [1.82, 2.24) is 0 Å². The van der Waals surface area contributed by atoms with Gasteiger partial charge in [-0.25, -0.2) is 4.79 Å². The number of carbonyl (C=O) groups excluding carboxylic acids is 4. The summed E-state index contributed by atoms with van der Waals surface area (Å²) in [4.78, 5) is 53.0. The van der Waals surface area contributed by atoms with E-state index in [0.29, 0.717) is 24.1 Å². The fraction of sp³-hybridized carbons (Fsp3) is 0.290. The standard InChI is InChI=1S/C31H29NO5/c1-19-8-10-22(11-9-19)28(33)20(2)37-31(36)23-12-15-25(16-13-23)32-29(34)26-17-14-24(18-27(26)30(32)35)21-6-4-3-5-7-21/h3-13,15-16,20,24,26-27H,14,17-18H2,1-2H3/t20-,24+,26+,27+/m0/s1. The lowest BCUT2D eigenvalue weighted by Gasteiger charge is -2.28. The Hall–Kier alpha value is -4.06. The quantitative estimate of drug-likeness (QED) is 0.256. The molecular formula is C31H29NO5. The number of anilines is 1. The summed E-state index contributed by atoms with van der Waals surface area (Å²) in [6.45, 7) is 3.47. The van der Waals surface area contributed by atoms with E-state index >= 15 is 0 Å². The second-order valence-electron chi connectivity index (χ2n) is 9.97. The molecule has 0 aromatic heterocycles. The summed E-state index contributed by atoms with van der Waals surface area (Å²) in [7, 11) is 0. The third kappa shape index (κ3) is 4.84. The maximum atomic E-state index is 13.3. The number of esters is 1. The van der Waals surface area contributed by atoms with Crippen molar-refractivity contribution in [3.05, 3.63) is 101 Å². The fourth-order valence-electron chi connectivity index (χ4n) is 5.44. The molecule has 6 nitrogen and oxygen atoms in total. The van der Waals surface area contributed by atoms with Gasteiger partial charge in [-0.05, 0) is 68.9 Å². The predicted molar refractivity (Wildman–Crippen MR) is 139 cm³/mol. The van der Waals surface area contributed by atoms with Crippen molar-refractivity contribution in [3.63, 3.8) is 0 Å². The number of benzene rings is 3. The van der Waals surface area contributed by atoms with E-state index in [0.717, 1.165) is 12.0 Å². The van der Waals surface area contributed by atoms with Crippen LogP contribution in [0.15, 0.2) is 78.9 Å². The third-order valence-corrected chi connectivity index (χ3v) is 7.55. The van der Waals surface area contributed by atoms with Crippen LogP contribution in [0.4, 0.5) is 5.69 Å². The van der Waals surface area contributed by atoms with Crippen LogP contribution < -0.4 is 4.90 Å². The second kappa shape index (κ2) is 10.1. The van der Waals surface area contributed by atoms with Gasteiger partial charge in [0.1, 0.15) is 0 Å². The van der Waals surface area contributed by atoms with Crippen molar-refractivity contribution in [2.24, 2.45) is 11.8 Å². The minimum Gasteiger partial charge on any atom is -0.451 e. The molecule has 3 aromatic rings. The fourth-order valence-corrected chi connectivity index (χ4v) is 5.44. The Kier molecular flexibility index (Phi) is 6.74. The molecule has 2 fully saturated rings. The Bertz CT molecular complexity index is 1330. The molecule has 1 heterocycles. The molecule has 0 radical (unpaired) electrons. The van der Waals surface area contributed by atoms with E-state index in [-0.39, 0.29) is 40.9 Å². The maximum absolute atomic E-state index is 13.3. The number of carbonyl (C=O) groups is 4. The molecular weight excluding hydrogens is 466 g/mol. The van der Waals surface area contributed by atoms with Gasteiger partial charge in [0, 0.05) is 5.56 Å². The topological polar surface area (TPSA) is 80.8 Å². The first kappa shape index (κ1) is 24.6. The number of ether oxygens (including phenoxy) is 1. The summed E-state index contributed by atoms with van der Waals surface area (Å²) < 4.78 is 5.39. The van der Waals surface area contributed by atoms with Crippen molar-refractivity contribution >= 4 is 29.3 Å². The van der Waals surface area contributed by atoms with Crippen molar-refractivity contribution < 1.29 is 23.9 Å². The van der Waals surface area contributed by atoms with Crippen molar-refractivity contribution in [2.45, 2.75) is 45.1 Å². The van der Waals surface area contributed by atoms with Gasteiger partial charge < -0.3 is 4.74 Å². The molecule has 5 rings (SSSR count). The SMILES string of the molecule is Cc1ccc(C(=O)[C@H](C)OC(=O)c2ccc(N3C(=O)[C@@H]4CC[C@@H](c5ccccc5)C[C@H]4C3=O)cc2)cc1. The zero-order valence-corrected chi connectivity index (χ0v) is 20.9. The average Bonchev–Trinajstić information content (AvgIpc) is 3.18. The maximum Gasteiger partial charge on any atom is 0.338 e. The van der Waals surface area contributed by atoms with Crippen molar-refractivity contribution in [3.8, 4) is 0 Å². The van der Waals surface area contributed by atoms with E-state index in [1.165, 1.54) is 22.6 Å². The Morgan fingerprint density at radius 3 is 2.11 bits per heavy atom. The summed E-state index contributed by atoms with van der Waals surface area (Å²) in [5.74, 6) is -1.64. The van der Waals surface area contributed by atoms with Gasteiger partial charge in [0.25, 0.3) is 0 Å². The summed E-state index contributed by atoms with van der Waals surface area (Å²) in [5, 5.41) is 0. The number of rotatable bonds is 6. The molecule has 4 atom stereocenters. The van der Waals surface area contributed by atoms with Gasteiger partial charge in [0.15, 0.2) is 6.10 Å². The first-order chi connectivity index (χ1) is 17.8. The highest BCUT2D eigenvalue weighted by Crippen LogP contribution is 2.45. The molecule has 2 amide bonds. The monoisotopic (exact) mass is 495 g/mol. The van der Waals surface area contributed by atoms with E-state index in [1.54, 1.807) is 31.2 Å². The lowest BCUT2D eigenvalue weighted by molar-refractivity contribution is -0.122. The van der Waals surface area contributed by atoms with Crippen LogP contribution in [0.3, 0.4) is 0 Å². The lowest BCUT2D eigenvalue weighted by atomic mass is 9.73. The van der Waals surface area contributed by atoms with Crippen LogP contribution in [0.1, 0.15) is 63.9 Å². The molecule has 1 aliphatic heterocycles. The number of ketones is 1. The molecule has 188 valence electrons. The first-order valence-electron chi connectivity index (χ1n) is 12.7. The highest BCUT2D eigenvalue weighted by atomic mass is 16.5. The van der Waals surface area contributed by atoms with Gasteiger partial charge in [0.05, 0.1) is 23.1 Å². The minimum atomic E-state index is -0.947. The molecule has 0 bridgehead atoms. The van der Waals surface area contributed by atoms with E-state index in [9.17, 15) is 19.2 Å². The summed E-state index contributed by atoms with van der Waals surface area (Å²) >= 11 is 0. The zero-order chi connectivity index (χ0) is 26.1. The largest absolute Gasteiger partial charge is 0.451 e. The summed E-state index contributed by atoms with van der Waals surface area (Å²) in [6, 6.07) is 23.4. The molecule has 0 unspecified atom stereocenters. The molecule has 2 aliphatic rings. The molecule has 0 spiro atoms. The molecule has 37 heavy (non-hydrogen) atoms. The highest BCUT2D eigenvalue weighted by Gasteiger charge is 2.50. The third-order valence-electron chi connectivity index (χ3n) is 7.55. The number of aryl methyl sites for hydroxylation is 1. The number of nitrogens with zero attached hydrogens (tertiary/aromatic N) is 1. The Morgan fingerprint density at radius 1 is 0.811 bits per heavy atom. The number of amides is 2. The van der Waals surface area contributed by atoms with Crippen LogP contribution in [-0.2, 0) is 14.3 Å². The number of Topliss-reactive ketones (excluding diaryl/α,β-unsaturated/α-hetero) is 1. The van der Waals surface area contributed by atoms with Gasteiger partial charge in [-0.1, -0.05) is 60.2 Å². The molecule has 3 aromatic carbocycles. The van der Waals surface area contributed by atoms with Gasteiger partial charge >= 0.3 is 5.97 Å². The highest BCUT2D eigenvalue weighted by molar-refractivity contribution is 6.22. The van der Waals surface area contributed by atoms with E-state index < -0.39 is 12.1 Å². The van der Waals surface area contributed by atoms with Crippen molar-refractivity contribution in [2.75, 3.05) is 4.90 Å². The van der Waals surface area contributed by atoms with E-state index in [2.05, 4.69) is 12.1 Å². The first-order valence-corrected chi connectivity index (χ1v) is 12.7. The molecule has 0 N–H and O–H groups in total. The van der Waals surface area contributed by atoms with Crippen LogP contribution in [0.5, 0.6) is 0 Å². The summed E-state index contributed by atoms with van der Waals surface area (Å²) in [6.07, 6.45) is 1.27. The number of fused-ring (bicyclic) bond motifs is 1. The van der Waals surface area contributed by atoms with Crippen LogP contribution in [0.2, 0.25) is 0 Å². The molecule has 1 saturated heterocycles. The molecule has 1 saturated carbocycles. The number of hydrogen-bond donors (Lipinski definition) is 0.